The van der Waals surface area contributed by atoms with Gasteiger partial charge in [0.15, 0.2) is 0 Å². The lowest BCUT2D eigenvalue weighted by Crippen LogP contribution is -2.45. The molecule has 0 aromatic rings. The molecule has 0 aromatic heterocycles. The molecule has 2 rings (SSSR count). The van der Waals surface area contributed by atoms with E-state index < -0.39 is 5.97 Å². The van der Waals surface area contributed by atoms with Crippen molar-refractivity contribution in [1.29, 1.82) is 0 Å². The van der Waals surface area contributed by atoms with Crippen LogP contribution in [0.5, 0.6) is 0 Å². The summed E-state index contributed by atoms with van der Waals surface area (Å²) < 4.78 is 5.45. The van der Waals surface area contributed by atoms with Gasteiger partial charge in [0.1, 0.15) is 0 Å². The summed E-state index contributed by atoms with van der Waals surface area (Å²) >= 11 is 0. The van der Waals surface area contributed by atoms with Crippen molar-refractivity contribution in [2.75, 3.05) is 13.2 Å². The topological polar surface area (TPSA) is 87.7 Å². The van der Waals surface area contributed by atoms with E-state index in [4.69, 9.17) is 9.84 Å². The smallest absolute Gasteiger partial charge is 0.315 e. The van der Waals surface area contributed by atoms with Crippen molar-refractivity contribution in [2.24, 2.45) is 11.8 Å². The molecule has 1 saturated heterocycles. The Bertz CT molecular complexity index is 353. The van der Waals surface area contributed by atoms with Gasteiger partial charge in [-0.2, -0.15) is 0 Å². The molecule has 2 fully saturated rings. The number of hydrogen-bond donors (Lipinski definition) is 3. The molecule has 0 spiro atoms. The third-order valence-corrected chi connectivity index (χ3v) is 4.47. The van der Waals surface area contributed by atoms with Crippen LogP contribution in [0.3, 0.4) is 0 Å². The molecule has 1 aliphatic heterocycles. The number of hydrogen-bond acceptors (Lipinski definition) is 3. The highest BCUT2D eigenvalue weighted by Gasteiger charge is 2.27. The lowest BCUT2D eigenvalue weighted by Gasteiger charge is -2.27. The maximum atomic E-state index is 11.8. The van der Waals surface area contributed by atoms with Crippen LogP contribution < -0.4 is 10.6 Å². The first-order chi connectivity index (χ1) is 9.56. The quantitative estimate of drug-likeness (QED) is 0.727. The molecule has 2 atom stereocenters. The van der Waals surface area contributed by atoms with Gasteiger partial charge in [-0.1, -0.05) is 0 Å². The molecule has 6 nitrogen and oxygen atoms in total. The maximum Gasteiger partial charge on any atom is 0.315 e. The van der Waals surface area contributed by atoms with Crippen molar-refractivity contribution in [2.45, 2.75) is 51.2 Å². The van der Waals surface area contributed by atoms with Gasteiger partial charge >= 0.3 is 12.0 Å². The standard InChI is InChI=1S/C14H24N2O4/c1-9-11(6-7-20-9)8-15-14(19)16-12-4-2-10(3-5-12)13(17)18/h9-12H,2-8H2,1H3,(H,17,18)(H2,15,16,19). The van der Waals surface area contributed by atoms with Crippen LogP contribution in [0.15, 0.2) is 0 Å². The van der Waals surface area contributed by atoms with E-state index in [9.17, 15) is 9.59 Å². The zero-order valence-corrected chi connectivity index (χ0v) is 11.9. The van der Waals surface area contributed by atoms with Crippen molar-refractivity contribution in [3.63, 3.8) is 0 Å². The highest BCUT2D eigenvalue weighted by Crippen LogP contribution is 2.24. The summed E-state index contributed by atoms with van der Waals surface area (Å²) in [7, 11) is 0. The van der Waals surface area contributed by atoms with E-state index in [0.29, 0.717) is 25.3 Å². The molecule has 0 radical (unpaired) electrons. The van der Waals surface area contributed by atoms with Gasteiger partial charge in [-0.15, -0.1) is 0 Å². The minimum absolute atomic E-state index is 0.0999. The first-order valence-corrected chi connectivity index (χ1v) is 7.45. The highest BCUT2D eigenvalue weighted by atomic mass is 16.5. The van der Waals surface area contributed by atoms with E-state index in [-0.39, 0.29) is 24.1 Å². The molecule has 114 valence electrons. The molecule has 1 saturated carbocycles. The van der Waals surface area contributed by atoms with Gasteiger partial charge in [-0.05, 0) is 39.0 Å². The molecule has 6 heteroatoms. The summed E-state index contributed by atoms with van der Waals surface area (Å²) in [5, 5.41) is 14.7. The van der Waals surface area contributed by atoms with Gasteiger partial charge in [-0.25, -0.2) is 4.79 Å². The predicted molar refractivity (Wildman–Crippen MR) is 73.4 cm³/mol. The number of nitrogens with one attached hydrogen (secondary N) is 2. The van der Waals surface area contributed by atoms with Crippen LogP contribution in [-0.2, 0) is 9.53 Å². The molecule has 1 aliphatic carbocycles. The van der Waals surface area contributed by atoms with Crippen molar-refractivity contribution >= 4 is 12.0 Å². The lowest BCUT2D eigenvalue weighted by molar-refractivity contribution is -0.142. The summed E-state index contributed by atoms with van der Waals surface area (Å²) in [5.41, 5.74) is 0. The Kier molecular flexibility index (Phi) is 5.23. The van der Waals surface area contributed by atoms with E-state index in [1.807, 2.05) is 6.92 Å². The number of carboxylic acids is 1. The summed E-state index contributed by atoms with van der Waals surface area (Å²) in [6, 6.07) is -0.0503. The number of aliphatic carboxylic acids is 1. The van der Waals surface area contributed by atoms with E-state index in [2.05, 4.69) is 10.6 Å². The van der Waals surface area contributed by atoms with Crippen molar-refractivity contribution in [3.05, 3.63) is 0 Å². The fraction of sp³-hybridized carbons (Fsp3) is 0.857. The van der Waals surface area contributed by atoms with Crippen LogP contribution in [0.2, 0.25) is 0 Å². The van der Waals surface area contributed by atoms with Gasteiger partial charge in [0.05, 0.1) is 12.0 Å². The second-order valence-corrected chi connectivity index (χ2v) is 5.87. The minimum atomic E-state index is -0.719. The zero-order valence-electron chi connectivity index (χ0n) is 11.9. The van der Waals surface area contributed by atoms with Crippen LogP contribution in [0, 0.1) is 11.8 Å². The van der Waals surface area contributed by atoms with Gasteiger partial charge in [-0.3, -0.25) is 4.79 Å². The molecule has 2 unspecified atom stereocenters. The number of amides is 2. The predicted octanol–water partition coefficient (Wildman–Crippen LogP) is 1.35. The van der Waals surface area contributed by atoms with Gasteiger partial charge in [0, 0.05) is 25.1 Å². The maximum absolute atomic E-state index is 11.8. The number of carbonyl (C=O) groups is 2. The highest BCUT2D eigenvalue weighted by molar-refractivity contribution is 5.74. The second kappa shape index (κ2) is 6.92. The Balaban J connectivity index is 1.64. The fourth-order valence-electron chi connectivity index (χ4n) is 2.99. The normalized spacial score (nSPS) is 33.6. The van der Waals surface area contributed by atoms with Gasteiger partial charge in [0.2, 0.25) is 0 Å². The molecule has 0 bridgehead atoms. The number of ether oxygens (including phenoxy) is 1. The molecule has 3 N–H and O–H groups in total. The van der Waals surface area contributed by atoms with Crippen molar-refractivity contribution < 1.29 is 19.4 Å². The lowest BCUT2D eigenvalue weighted by atomic mass is 9.86. The molecule has 2 amide bonds. The van der Waals surface area contributed by atoms with Crippen LogP contribution in [-0.4, -0.2) is 42.4 Å². The largest absolute Gasteiger partial charge is 0.481 e. The Morgan fingerprint density at radius 1 is 1.20 bits per heavy atom. The molecule has 1 heterocycles. The Morgan fingerprint density at radius 3 is 2.45 bits per heavy atom. The fourth-order valence-corrected chi connectivity index (χ4v) is 2.99. The number of carboxylic acid groups (broad SMARTS) is 1. The summed E-state index contributed by atoms with van der Waals surface area (Å²) in [5.74, 6) is -0.570. The average Bonchev–Trinajstić information content (AvgIpc) is 2.82. The summed E-state index contributed by atoms with van der Waals surface area (Å²) in [6.07, 6.45) is 3.98. The molecular weight excluding hydrogens is 260 g/mol. The van der Waals surface area contributed by atoms with E-state index >= 15 is 0 Å². The van der Waals surface area contributed by atoms with Crippen molar-refractivity contribution in [1.82, 2.24) is 10.6 Å². The minimum Gasteiger partial charge on any atom is -0.481 e. The van der Waals surface area contributed by atoms with E-state index in [0.717, 1.165) is 25.9 Å². The number of carbonyl (C=O) groups excluding carboxylic acids is 1. The van der Waals surface area contributed by atoms with Crippen LogP contribution in [0.1, 0.15) is 39.0 Å². The van der Waals surface area contributed by atoms with Gasteiger partial charge in [0.25, 0.3) is 0 Å². The SMILES string of the molecule is CC1OCCC1CNC(=O)NC1CCC(C(=O)O)CC1. The van der Waals surface area contributed by atoms with Crippen LogP contribution in [0.25, 0.3) is 0 Å². The first-order valence-electron chi connectivity index (χ1n) is 7.45. The van der Waals surface area contributed by atoms with E-state index in [1.165, 1.54) is 0 Å². The average molecular weight is 284 g/mol. The summed E-state index contributed by atoms with van der Waals surface area (Å²) in [4.78, 5) is 22.7. The van der Waals surface area contributed by atoms with Crippen molar-refractivity contribution in [3.8, 4) is 0 Å². The Labute approximate surface area is 119 Å². The number of urea groups is 1. The monoisotopic (exact) mass is 284 g/mol. The summed E-state index contributed by atoms with van der Waals surface area (Å²) in [6.45, 7) is 3.44. The second-order valence-electron chi connectivity index (χ2n) is 5.87. The third-order valence-electron chi connectivity index (χ3n) is 4.47. The van der Waals surface area contributed by atoms with Crippen LogP contribution in [0.4, 0.5) is 4.79 Å². The van der Waals surface area contributed by atoms with Crippen LogP contribution >= 0.6 is 0 Å². The Hall–Kier alpha value is -1.30. The first kappa shape index (κ1) is 15.1. The number of rotatable bonds is 4. The molecule has 20 heavy (non-hydrogen) atoms. The molecular formula is C14H24N2O4. The van der Waals surface area contributed by atoms with E-state index in [1.54, 1.807) is 0 Å². The molecule has 2 aliphatic rings. The van der Waals surface area contributed by atoms with Gasteiger partial charge < -0.3 is 20.5 Å². The molecule has 0 aromatic carbocycles. The Morgan fingerprint density at radius 2 is 1.90 bits per heavy atom. The third kappa shape index (κ3) is 4.10. The zero-order chi connectivity index (χ0) is 14.5.